The molecule has 0 aliphatic heterocycles. The molecule has 1 saturated carbocycles. The molecule has 4 nitrogen and oxygen atoms in total. The van der Waals surface area contributed by atoms with Crippen LogP contribution in [-0.2, 0) is 4.74 Å². The molecule has 1 aliphatic rings. The third-order valence-corrected chi connectivity index (χ3v) is 4.17. The highest BCUT2D eigenvalue weighted by Gasteiger charge is 2.39. The van der Waals surface area contributed by atoms with E-state index in [2.05, 4.69) is 60.7 Å². The number of halogens is 1. The van der Waals surface area contributed by atoms with Crippen molar-refractivity contribution >= 4 is 29.9 Å². The zero-order chi connectivity index (χ0) is 16.1. The van der Waals surface area contributed by atoms with Crippen LogP contribution in [0.15, 0.2) is 29.3 Å². The van der Waals surface area contributed by atoms with Crippen molar-refractivity contribution in [3.8, 4) is 0 Å². The van der Waals surface area contributed by atoms with E-state index in [1.165, 1.54) is 17.5 Å². The molecular weight excluding hydrogens is 401 g/mol. The number of rotatable bonds is 6. The molecule has 5 heteroatoms. The lowest BCUT2D eigenvalue weighted by Crippen LogP contribution is -2.45. The van der Waals surface area contributed by atoms with Gasteiger partial charge in [-0.1, -0.05) is 38.1 Å². The van der Waals surface area contributed by atoms with Crippen LogP contribution in [0.3, 0.4) is 0 Å². The summed E-state index contributed by atoms with van der Waals surface area (Å²) >= 11 is 0. The van der Waals surface area contributed by atoms with Crippen LogP contribution in [0.4, 0.5) is 0 Å². The molecule has 3 atom stereocenters. The number of ether oxygens (including phenoxy) is 1. The summed E-state index contributed by atoms with van der Waals surface area (Å²) < 4.78 is 5.15. The predicted molar refractivity (Wildman–Crippen MR) is 108 cm³/mol. The molecule has 130 valence electrons. The zero-order valence-corrected chi connectivity index (χ0v) is 17.1. The van der Waals surface area contributed by atoms with Crippen LogP contribution >= 0.6 is 24.0 Å². The van der Waals surface area contributed by atoms with Gasteiger partial charge in [0, 0.05) is 32.2 Å². The first-order valence-electron chi connectivity index (χ1n) is 8.13. The molecule has 1 fully saturated rings. The van der Waals surface area contributed by atoms with Crippen molar-refractivity contribution in [1.82, 2.24) is 10.6 Å². The molecule has 3 unspecified atom stereocenters. The fourth-order valence-electron chi connectivity index (χ4n) is 2.72. The van der Waals surface area contributed by atoms with E-state index in [-0.39, 0.29) is 30.0 Å². The number of guanidine groups is 1. The normalized spacial score (nSPS) is 21.6. The molecule has 0 heterocycles. The monoisotopic (exact) mass is 431 g/mol. The summed E-state index contributed by atoms with van der Waals surface area (Å²) in [6, 6.07) is 9.77. The summed E-state index contributed by atoms with van der Waals surface area (Å²) in [5, 5.41) is 6.85. The second kappa shape index (κ2) is 9.47. The van der Waals surface area contributed by atoms with Gasteiger partial charge in [0.1, 0.15) is 0 Å². The third-order valence-electron chi connectivity index (χ3n) is 4.17. The lowest BCUT2D eigenvalue weighted by atomic mass is 10.0. The van der Waals surface area contributed by atoms with Crippen LogP contribution in [0, 0.1) is 0 Å². The standard InChI is InChI=1S/C18H29N3O.HI/c1-12(2)14-6-8-15(9-7-14)16-10-17(16)21-18(19-4)20-13(3)11-22-5;/h6-9,12-13,16-17H,10-11H2,1-5H3,(H2,19,20,21);1H. The van der Waals surface area contributed by atoms with Gasteiger partial charge in [-0.25, -0.2) is 0 Å². The summed E-state index contributed by atoms with van der Waals surface area (Å²) in [5.41, 5.74) is 2.82. The van der Waals surface area contributed by atoms with E-state index < -0.39 is 0 Å². The maximum absolute atomic E-state index is 5.15. The van der Waals surface area contributed by atoms with Crippen LogP contribution in [0.1, 0.15) is 50.2 Å². The smallest absolute Gasteiger partial charge is 0.191 e. The van der Waals surface area contributed by atoms with Gasteiger partial charge >= 0.3 is 0 Å². The Hall–Kier alpha value is -0.820. The van der Waals surface area contributed by atoms with Gasteiger partial charge in [-0.3, -0.25) is 4.99 Å². The minimum absolute atomic E-state index is 0. The van der Waals surface area contributed by atoms with Crippen LogP contribution in [0.25, 0.3) is 0 Å². The number of hydrogen-bond donors (Lipinski definition) is 2. The Morgan fingerprint density at radius 1 is 1.26 bits per heavy atom. The molecule has 0 radical (unpaired) electrons. The molecule has 1 aromatic rings. The Kier molecular flexibility index (Phi) is 8.33. The Balaban J connectivity index is 0.00000264. The van der Waals surface area contributed by atoms with Crippen molar-refractivity contribution in [1.29, 1.82) is 0 Å². The van der Waals surface area contributed by atoms with Crippen LogP contribution in [0.5, 0.6) is 0 Å². The van der Waals surface area contributed by atoms with E-state index in [1.807, 2.05) is 7.05 Å². The lowest BCUT2D eigenvalue weighted by Gasteiger charge is -2.17. The maximum atomic E-state index is 5.15. The molecule has 0 amide bonds. The van der Waals surface area contributed by atoms with Gasteiger partial charge < -0.3 is 15.4 Å². The molecule has 2 N–H and O–H groups in total. The average molecular weight is 431 g/mol. The highest BCUT2D eigenvalue weighted by Crippen LogP contribution is 2.41. The van der Waals surface area contributed by atoms with Gasteiger partial charge in [0.2, 0.25) is 0 Å². The minimum Gasteiger partial charge on any atom is -0.383 e. The van der Waals surface area contributed by atoms with Gasteiger partial charge in [-0.05, 0) is 30.4 Å². The number of benzene rings is 1. The first kappa shape index (κ1) is 20.2. The predicted octanol–water partition coefficient (Wildman–Crippen LogP) is 3.48. The molecule has 2 rings (SSSR count). The van der Waals surface area contributed by atoms with E-state index in [4.69, 9.17) is 4.74 Å². The van der Waals surface area contributed by atoms with E-state index in [9.17, 15) is 0 Å². The van der Waals surface area contributed by atoms with Gasteiger partial charge in [-0.15, -0.1) is 24.0 Å². The Labute approximate surface area is 157 Å². The quantitative estimate of drug-likeness (QED) is 0.412. The number of methoxy groups -OCH3 is 1. The zero-order valence-electron chi connectivity index (χ0n) is 14.8. The number of nitrogens with one attached hydrogen (secondary N) is 2. The van der Waals surface area contributed by atoms with Crippen molar-refractivity contribution in [2.24, 2.45) is 4.99 Å². The number of hydrogen-bond acceptors (Lipinski definition) is 2. The summed E-state index contributed by atoms with van der Waals surface area (Å²) in [6.45, 7) is 7.22. The largest absolute Gasteiger partial charge is 0.383 e. The van der Waals surface area contributed by atoms with Crippen LogP contribution in [-0.4, -0.2) is 38.8 Å². The topological polar surface area (TPSA) is 45.7 Å². The molecule has 23 heavy (non-hydrogen) atoms. The molecule has 0 aromatic heterocycles. The van der Waals surface area contributed by atoms with E-state index in [1.54, 1.807) is 7.11 Å². The van der Waals surface area contributed by atoms with Crippen molar-refractivity contribution in [2.45, 2.75) is 51.1 Å². The molecule has 0 saturated heterocycles. The van der Waals surface area contributed by atoms with E-state index in [0.29, 0.717) is 24.5 Å². The first-order valence-corrected chi connectivity index (χ1v) is 8.13. The Morgan fingerprint density at radius 3 is 2.43 bits per heavy atom. The van der Waals surface area contributed by atoms with Gasteiger partial charge in [-0.2, -0.15) is 0 Å². The molecule has 1 aromatic carbocycles. The Morgan fingerprint density at radius 2 is 1.91 bits per heavy atom. The van der Waals surface area contributed by atoms with Gasteiger partial charge in [0.15, 0.2) is 5.96 Å². The highest BCUT2D eigenvalue weighted by atomic mass is 127. The lowest BCUT2D eigenvalue weighted by molar-refractivity contribution is 0.179. The summed E-state index contributed by atoms with van der Waals surface area (Å²) in [7, 11) is 3.52. The third kappa shape index (κ3) is 5.95. The summed E-state index contributed by atoms with van der Waals surface area (Å²) in [6.07, 6.45) is 1.17. The second-order valence-electron chi connectivity index (χ2n) is 6.49. The SMILES string of the molecule is CN=C(NC(C)COC)NC1CC1c1ccc(C(C)C)cc1.I. The average Bonchev–Trinajstić information content (AvgIpc) is 3.26. The Bertz CT molecular complexity index is 501. The highest BCUT2D eigenvalue weighted by molar-refractivity contribution is 14.0. The number of aliphatic imine (C=N–C) groups is 1. The molecule has 0 bridgehead atoms. The minimum atomic E-state index is 0. The van der Waals surface area contributed by atoms with Gasteiger partial charge in [0.25, 0.3) is 0 Å². The van der Waals surface area contributed by atoms with Crippen LogP contribution in [0.2, 0.25) is 0 Å². The van der Waals surface area contributed by atoms with Crippen molar-refractivity contribution in [3.63, 3.8) is 0 Å². The van der Waals surface area contributed by atoms with E-state index >= 15 is 0 Å². The molecular formula is C18H30IN3O. The van der Waals surface area contributed by atoms with E-state index in [0.717, 1.165) is 5.96 Å². The maximum Gasteiger partial charge on any atom is 0.191 e. The van der Waals surface area contributed by atoms with Crippen LogP contribution < -0.4 is 10.6 Å². The summed E-state index contributed by atoms with van der Waals surface area (Å²) in [5.74, 6) is 2.04. The van der Waals surface area contributed by atoms with Crippen molar-refractivity contribution < 1.29 is 4.74 Å². The second-order valence-corrected chi connectivity index (χ2v) is 6.49. The number of nitrogens with zero attached hydrogens (tertiary/aromatic N) is 1. The molecule has 1 aliphatic carbocycles. The fraction of sp³-hybridized carbons (Fsp3) is 0.611. The van der Waals surface area contributed by atoms with Gasteiger partial charge in [0.05, 0.1) is 6.61 Å². The van der Waals surface area contributed by atoms with Crippen molar-refractivity contribution in [2.75, 3.05) is 20.8 Å². The summed E-state index contributed by atoms with van der Waals surface area (Å²) in [4.78, 5) is 4.29. The molecule has 0 spiro atoms. The fourth-order valence-corrected chi connectivity index (χ4v) is 2.72. The van der Waals surface area contributed by atoms with Crippen molar-refractivity contribution in [3.05, 3.63) is 35.4 Å². The first-order chi connectivity index (χ1) is 10.5.